The number of nitrogens with zero attached hydrogens (tertiary/aromatic N) is 1. The third-order valence-electron chi connectivity index (χ3n) is 5.27. The molecule has 0 spiro atoms. The maximum absolute atomic E-state index is 13.2. The Balaban J connectivity index is 2.18. The fraction of sp³-hybridized carbons (Fsp3) is 0.462. The van der Waals surface area contributed by atoms with E-state index in [4.69, 9.17) is 4.74 Å². The van der Waals surface area contributed by atoms with Gasteiger partial charge in [0.25, 0.3) is 5.91 Å². The van der Waals surface area contributed by atoms with Gasteiger partial charge < -0.3 is 15.0 Å². The molecule has 1 N–H and O–H groups in total. The van der Waals surface area contributed by atoms with Crippen molar-refractivity contribution < 1.29 is 14.3 Å². The summed E-state index contributed by atoms with van der Waals surface area (Å²) in [4.78, 5) is 27.5. The molecule has 0 aliphatic rings. The van der Waals surface area contributed by atoms with Gasteiger partial charge in [-0.25, -0.2) is 0 Å². The summed E-state index contributed by atoms with van der Waals surface area (Å²) in [6.07, 6.45) is 1.23. The SMILES string of the molecule is CCNC(=O)C(CC)N(CCc1ccccc1)C(=O)COc1ccccc1C(C)(C)C. The van der Waals surface area contributed by atoms with E-state index in [9.17, 15) is 9.59 Å². The van der Waals surface area contributed by atoms with Crippen molar-refractivity contribution in [1.82, 2.24) is 10.2 Å². The second-order valence-corrected chi connectivity index (χ2v) is 8.68. The molecule has 0 aromatic heterocycles. The van der Waals surface area contributed by atoms with Crippen LogP contribution in [0.3, 0.4) is 0 Å². The summed E-state index contributed by atoms with van der Waals surface area (Å²) in [5.74, 6) is 0.400. The van der Waals surface area contributed by atoms with Gasteiger partial charge in [0.2, 0.25) is 5.91 Å². The minimum atomic E-state index is -0.516. The van der Waals surface area contributed by atoms with E-state index in [0.29, 0.717) is 31.7 Å². The van der Waals surface area contributed by atoms with Crippen molar-refractivity contribution in [1.29, 1.82) is 0 Å². The largest absolute Gasteiger partial charge is 0.483 e. The number of likely N-dealkylation sites (N-methyl/N-ethyl adjacent to an activating group) is 1. The summed E-state index contributed by atoms with van der Waals surface area (Å²) in [5.41, 5.74) is 2.08. The highest BCUT2D eigenvalue weighted by Gasteiger charge is 2.28. The van der Waals surface area contributed by atoms with Gasteiger partial charge in [-0.3, -0.25) is 9.59 Å². The van der Waals surface area contributed by atoms with E-state index in [1.54, 1.807) is 4.90 Å². The maximum Gasteiger partial charge on any atom is 0.261 e. The van der Waals surface area contributed by atoms with Gasteiger partial charge in [0, 0.05) is 13.1 Å². The van der Waals surface area contributed by atoms with Gasteiger partial charge in [-0.1, -0.05) is 76.2 Å². The number of carbonyl (C=O) groups is 2. The number of nitrogens with one attached hydrogen (secondary N) is 1. The minimum absolute atomic E-state index is 0.0976. The predicted octanol–water partition coefficient (Wildman–Crippen LogP) is 4.35. The van der Waals surface area contributed by atoms with E-state index >= 15 is 0 Å². The van der Waals surface area contributed by atoms with Crippen molar-refractivity contribution in [2.75, 3.05) is 19.7 Å². The van der Waals surface area contributed by atoms with E-state index in [0.717, 1.165) is 11.1 Å². The van der Waals surface area contributed by atoms with Gasteiger partial charge in [0.1, 0.15) is 11.8 Å². The summed E-state index contributed by atoms with van der Waals surface area (Å²) >= 11 is 0. The third kappa shape index (κ3) is 7.12. The molecule has 31 heavy (non-hydrogen) atoms. The maximum atomic E-state index is 13.2. The molecule has 0 radical (unpaired) electrons. The molecule has 5 nitrogen and oxygen atoms in total. The minimum Gasteiger partial charge on any atom is -0.483 e. The van der Waals surface area contributed by atoms with Crippen LogP contribution in [0.2, 0.25) is 0 Å². The number of carbonyl (C=O) groups excluding carboxylic acids is 2. The molecular formula is C26H36N2O3. The molecular weight excluding hydrogens is 388 g/mol. The molecule has 0 fully saturated rings. The first-order chi connectivity index (χ1) is 14.8. The van der Waals surface area contributed by atoms with Crippen molar-refractivity contribution in [3.8, 4) is 5.75 Å². The van der Waals surface area contributed by atoms with Crippen LogP contribution >= 0.6 is 0 Å². The first kappa shape index (κ1) is 24.4. The van der Waals surface area contributed by atoms with Crippen molar-refractivity contribution in [2.45, 2.75) is 58.9 Å². The zero-order chi connectivity index (χ0) is 22.9. The molecule has 0 heterocycles. The molecule has 1 atom stereocenters. The summed E-state index contributed by atoms with van der Waals surface area (Å²) in [7, 11) is 0. The first-order valence-electron chi connectivity index (χ1n) is 11.1. The van der Waals surface area contributed by atoms with Crippen LogP contribution in [0.1, 0.15) is 52.2 Å². The normalized spacial score (nSPS) is 12.2. The number of ether oxygens (including phenoxy) is 1. The van der Waals surface area contributed by atoms with Crippen LogP contribution in [0.5, 0.6) is 5.75 Å². The van der Waals surface area contributed by atoms with Gasteiger partial charge >= 0.3 is 0 Å². The third-order valence-corrected chi connectivity index (χ3v) is 5.27. The molecule has 2 aromatic rings. The summed E-state index contributed by atoms with van der Waals surface area (Å²) < 4.78 is 5.97. The highest BCUT2D eigenvalue weighted by atomic mass is 16.5. The molecule has 0 saturated carbocycles. The van der Waals surface area contributed by atoms with E-state index in [1.807, 2.05) is 68.4 Å². The Morgan fingerprint density at radius 1 is 1.00 bits per heavy atom. The molecule has 2 amide bonds. The lowest BCUT2D eigenvalue weighted by atomic mass is 9.86. The molecule has 0 saturated heterocycles. The summed E-state index contributed by atoms with van der Waals surface area (Å²) in [6.45, 7) is 11.1. The van der Waals surface area contributed by atoms with Gasteiger partial charge in [0.15, 0.2) is 6.61 Å². The van der Waals surface area contributed by atoms with Gasteiger partial charge in [-0.15, -0.1) is 0 Å². The quantitative estimate of drug-likeness (QED) is 0.617. The highest BCUT2D eigenvalue weighted by Crippen LogP contribution is 2.31. The second kappa shape index (κ2) is 11.5. The Morgan fingerprint density at radius 3 is 2.26 bits per heavy atom. The Hall–Kier alpha value is -2.82. The van der Waals surface area contributed by atoms with Crippen LogP contribution in [0.25, 0.3) is 0 Å². The molecule has 0 aliphatic carbocycles. The Labute approximate surface area is 186 Å². The zero-order valence-corrected chi connectivity index (χ0v) is 19.5. The molecule has 2 rings (SSSR count). The molecule has 5 heteroatoms. The number of rotatable bonds is 10. The lowest BCUT2D eigenvalue weighted by Gasteiger charge is -2.31. The van der Waals surface area contributed by atoms with Gasteiger partial charge in [-0.05, 0) is 42.4 Å². The molecule has 168 valence electrons. The van der Waals surface area contributed by atoms with Crippen LogP contribution in [0, 0.1) is 0 Å². The van der Waals surface area contributed by atoms with Crippen molar-refractivity contribution in [3.05, 3.63) is 65.7 Å². The number of hydrogen-bond acceptors (Lipinski definition) is 3. The average Bonchev–Trinajstić information content (AvgIpc) is 2.75. The Kier molecular flexibility index (Phi) is 9.10. The smallest absolute Gasteiger partial charge is 0.261 e. The van der Waals surface area contributed by atoms with Gasteiger partial charge in [-0.2, -0.15) is 0 Å². The fourth-order valence-electron chi connectivity index (χ4n) is 3.62. The van der Waals surface area contributed by atoms with Crippen molar-refractivity contribution in [2.24, 2.45) is 0 Å². The number of para-hydroxylation sites is 1. The summed E-state index contributed by atoms with van der Waals surface area (Å²) in [6, 6.07) is 17.3. The van der Waals surface area contributed by atoms with Crippen molar-refractivity contribution in [3.63, 3.8) is 0 Å². The van der Waals surface area contributed by atoms with Crippen LogP contribution in [0.4, 0.5) is 0 Å². The number of benzene rings is 2. The summed E-state index contributed by atoms with van der Waals surface area (Å²) in [5, 5.41) is 2.86. The molecule has 0 aliphatic heterocycles. The standard InChI is InChI=1S/C26H36N2O3/c1-6-22(25(30)27-7-2)28(18-17-20-13-9-8-10-14-20)24(29)19-31-23-16-12-11-15-21(23)26(3,4)5/h8-16,22H,6-7,17-19H2,1-5H3,(H,27,30). The predicted molar refractivity (Wildman–Crippen MR) is 125 cm³/mol. The van der Waals surface area contributed by atoms with Gasteiger partial charge in [0.05, 0.1) is 0 Å². The zero-order valence-electron chi connectivity index (χ0n) is 19.5. The van der Waals surface area contributed by atoms with Crippen LogP contribution in [-0.2, 0) is 21.4 Å². The highest BCUT2D eigenvalue weighted by molar-refractivity contribution is 5.88. The lowest BCUT2D eigenvalue weighted by Crippen LogP contribution is -2.51. The van der Waals surface area contributed by atoms with Crippen LogP contribution in [0.15, 0.2) is 54.6 Å². The molecule has 2 aromatic carbocycles. The van der Waals surface area contributed by atoms with E-state index in [2.05, 4.69) is 26.1 Å². The van der Waals surface area contributed by atoms with E-state index < -0.39 is 6.04 Å². The van der Waals surface area contributed by atoms with Crippen LogP contribution in [-0.4, -0.2) is 42.5 Å². The topological polar surface area (TPSA) is 58.6 Å². The Bertz CT molecular complexity index is 843. The lowest BCUT2D eigenvalue weighted by molar-refractivity contribution is -0.142. The monoisotopic (exact) mass is 424 g/mol. The first-order valence-corrected chi connectivity index (χ1v) is 11.1. The number of amides is 2. The van der Waals surface area contributed by atoms with E-state index in [1.165, 1.54) is 0 Å². The fourth-order valence-corrected chi connectivity index (χ4v) is 3.62. The number of hydrogen-bond donors (Lipinski definition) is 1. The van der Waals surface area contributed by atoms with E-state index in [-0.39, 0.29) is 23.8 Å². The molecule has 1 unspecified atom stereocenters. The van der Waals surface area contributed by atoms with Crippen LogP contribution < -0.4 is 10.1 Å². The second-order valence-electron chi connectivity index (χ2n) is 8.68. The van der Waals surface area contributed by atoms with Crippen molar-refractivity contribution >= 4 is 11.8 Å². The Morgan fingerprint density at radius 2 is 1.65 bits per heavy atom. The molecule has 0 bridgehead atoms. The average molecular weight is 425 g/mol.